The molecule has 0 rings (SSSR count). The van der Waals surface area contributed by atoms with E-state index < -0.39 is 40.3 Å². The number of ether oxygens (including phenoxy) is 3. The van der Waals surface area contributed by atoms with E-state index in [2.05, 4.69) is 16.0 Å². The number of hydrogen-bond donors (Lipinski definition) is 3. The topological polar surface area (TPSA) is 115 Å². The van der Waals surface area contributed by atoms with Gasteiger partial charge in [0.2, 0.25) is 0 Å². The Labute approximate surface area is 174 Å². The Balaban J connectivity index is 4.98. The normalized spacial score (nSPS) is 12.6. The Kier molecular flexibility index (Phi) is 9.27. The molecule has 0 spiro atoms. The highest BCUT2D eigenvalue weighted by atomic mass is 16.6. The van der Waals surface area contributed by atoms with E-state index in [9.17, 15) is 14.4 Å². The van der Waals surface area contributed by atoms with Crippen molar-refractivity contribution >= 4 is 18.3 Å². The van der Waals surface area contributed by atoms with Gasteiger partial charge < -0.3 is 30.2 Å². The zero-order valence-electron chi connectivity index (χ0n) is 19.6. The van der Waals surface area contributed by atoms with Crippen molar-refractivity contribution < 1.29 is 28.6 Å². The van der Waals surface area contributed by atoms with Crippen molar-refractivity contribution in [3.63, 3.8) is 0 Å². The summed E-state index contributed by atoms with van der Waals surface area (Å²) in [7, 11) is 0. The largest absolute Gasteiger partial charge is 0.449 e. The molecule has 0 aromatic heterocycles. The minimum absolute atomic E-state index is 0.111. The molecule has 0 aliphatic carbocycles. The first kappa shape index (κ1) is 26.8. The molecule has 0 fully saturated rings. The van der Waals surface area contributed by atoms with Crippen LogP contribution in [0.2, 0.25) is 0 Å². The summed E-state index contributed by atoms with van der Waals surface area (Å²) in [4.78, 5) is 36.0. The fourth-order valence-corrected chi connectivity index (χ4v) is 1.87. The number of rotatable bonds is 6. The number of carbonyl (C=O) groups excluding carboxylic acids is 3. The van der Waals surface area contributed by atoms with Gasteiger partial charge in [-0.1, -0.05) is 0 Å². The lowest BCUT2D eigenvalue weighted by atomic mass is 9.94. The molecule has 0 unspecified atom stereocenters. The second-order valence-corrected chi connectivity index (χ2v) is 10.7. The van der Waals surface area contributed by atoms with E-state index in [-0.39, 0.29) is 19.8 Å². The van der Waals surface area contributed by atoms with Crippen molar-refractivity contribution in [2.24, 2.45) is 5.41 Å². The molecule has 170 valence electrons. The molecule has 0 atom stereocenters. The minimum atomic E-state index is -0.931. The summed E-state index contributed by atoms with van der Waals surface area (Å²) >= 11 is 0. The van der Waals surface area contributed by atoms with Gasteiger partial charge in [-0.2, -0.15) is 0 Å². The highest BCUT2D eigenvalue weighted by Crippen LogP contribution is 2.19. The van der Waals surface area contributed by atoms with Crippen LogP contribution >= 0.6 is 0 Å². The lowest BCUT2D eigenvalue weighted by Crippen LogP contribution is -2.46. The van der Waals surface area contributed by atoms with E-state index in [0.29, 0.717) is 0 Å². The van der Waals surface area contributed by atoms with Gasteiger partial charge in [-0.05, 0) is 69.2 Å². The maximum Gasteiger partial charge on any atom is 0.407 e. The van der Waals surface area contributed by atoms with Crippen LogP contribution in [-0.4, -0.2) is 54.7 Å². The van der Waals surface area contributed by atoms with Gasteiger partial charge >= 0.3 is 18.3 Å². The summed E-state index contributed by atoms with van der Waals surface area (Å²) in [5.74, 6) is 0. The van der Waals surface area contributed by atoms with Gasteiger partial charge in [0, 0.05) is 16.6 Å². The molecule has 9 nitrogen and oxygen atoms in total. The van der Waals surface area contributed by atoms with E-state index >= 15 is 0 Å². The molecule has 0 heterocycles. The molecule has 3 amide bonds. The SMILES string of the molecule is CC(COC(=O)NC(C)(C)C)(COC(=O)NC(C)(C)C)COC(=O)NC(C)(C)C. The average molecular weight is 418 g/mol. The van der Waals surface area contributed by atoms with Crippen molar-refractivity contribution in [2.45, 2.75) is 85.9 Å². The fourth-order valence-electron chi connectivity index (χ4n) is 1.87. The summed E-state index contributed by atoms with van der Waals surface area (Å²) in [6, 6.07) is 0. The third-order valence-corrected chi connectivity index (χ3v) is 3.09. The molecule has 9 heteroatoms. The zero-order valence-corrected chi connectivity index (χ0v) is 19.6. The second kappa shape index (κ2) is 10.0. The highest BCUT2D eigenvalue weighted by Gasteiger charge is 2.32. The maximum atomic E-state index is 12.0. The summed E-state index contributed by atoms with van der Waals surface area (Å²) < 4.78 is 15.8. The van der Waals surface area contributed by atoms with Crippen LogP contribution in [0, 0.1) is 5.41 Å². The van der Waals surface area contributed by atoms with Crippen molar-refractivity contribution in [1.29, 1.82) is 0 Å². The molecule has 0 saturated carbocycles. The monoisotopic (exact) mass is 417 g/mol. The van der Waals surface area contributed by atoms with Crippen LogP contribution in [0.25, 0.3) is 0 Å². The Morgan fingerprint density at radius 3 is 0.897 bits per heavy atom. The van der Waals surface area contributed by atoms with Crippen LogP contribution in [0.3, 0.4) is 0 Å². The quantitative estimate of drug-likeness (QED) is 0.569. The lowest BCUT2D eigenvalue weighted by Gasteiger charge is -2.30. The van der Waals surface area contributed by atoms with Crippen LogP contribution in [0.15, 0.2) is 0 Å². The van der Waals surface area contributed by atoms with Gasteiger partial charge in [0.15, 0.2) is 0 Å². The van der Waals surface area contributed by atoms with Crippen molar-refractivity contribution in [3.05, 3.63) is 0 Å². The smallest absolute Gasteiger partial charge is 0.407 e. The number of amides is 3. The lowest BCUT2D eigenvalue weighted by molar-refractivity contribution is -0.00725. The van der Waals surface area contributed by atoms with E-state index in [1.165, 1.54) is 0 Å². The van der Waals surface area contributed by atoms with Crippen molar-refractivity contribution in [2.75, 3.05) is 19.8 Å². The third-order valence-electron chi connectivity index (χ3n) is 3.09. The molecule has 0 radical (unpaired) electrons. The third kappa shape index (κ3) is 15.4. The van der Waals surface area contributed by atoms with E-state index in [4.69, 9.17) is 14.2 Å². The van der Waals surface area contributed by atoms with Gasteiger partial charge in [0.25, 0.3) is 0 Å². The molecule has 0 saturated heterocycles. The van der Waals surface area contributed by atoms with Crippen LogP contribution in [-0.2, 0) is 14.2 Å². The zero-order chi connectivity index (χ0) is 23.1. The Hall–Kier alpha value is -2.19. The van der Waals surface area contributed by atoms with Crippen molar-refractivity contribution in [1.82, 2.24) is 16.0 Å². The first-order chi connectivity index (χ1) is 12.8. The minimum Gasteiger partial charge on any atom is -0.449 e. The highest BCUT2D eigenvalue weighted by molar-refractivity contribution is 5.69. The van der Waals surface area contributed by atoms with Gasteiger partial charge in [0.05, 0.1) is 5.41 Å². The molecular formula is C20H39N3O6. The van der Waals surface area contributed by atoms with Gasteiger partial charge in [-0.25, -0.2) is 14.4 Å². The number of alkyl carbamates (subject to hydrolysis) is 3. The Morgan fingerprint density at radius 1 is 0.517 bits per heavy atom. The van der Waals surface area contributed by atoms with E-state index in [1.807, 2.05) is 62.3 Å². The predicted octanol–water partition coefficient (Wildman–Crippen LogP) is 3.57. The molecule has 29 heavy (non-hydrogen) atoms. The predicted molar refractivity (Wildman–Crippen MR) is 111 cm³/mol. The van der Waals surface area contributed by atoms with E-state index in [0.717, 1.165) is 0 Å². The van der Waals surface area contributed by atoms with Gasteiger partial charge in [-0.3, -0.25) is 0 Å². The van der Waals surface area contributed by atoms with Crippen LogP contribution < -0.4 is 16.0 Å². The second-order valence-electron chi connectivity index (χ2n) is 10.7. The molecule has 3 N–H and O–H groups in total. The molecule has 0 aliphatic heterocycles. The van der Waals surface area contributed by atoms with Gasteiger partial charge in [0.1, 0.15) is 19.8 Å². The molecule has 0 aromatic carbocycles. The summed E-state index contributed by atoms with van der Waals surface area (Å²) in [6.07, 6.45) is -1.83. The van der Waals surface area contributed by atoms with Crippen LogP contribution in [0.4, 0.5) is 14.4 Å². The average Bonchev–Trinajstić information content (AvgIpc) is 2.44. The maximum absolute atomic E-state index is 12.0. The summed E-state index contributed by atoms with van der Waals surface area (Å²) in [6.45, 7) is 17.8. The standard InChI is InChI=1S/C20H39N3O6/c1-17(2,3)21-14(24)27-11-20(10,12-28-15(25)22-18(4,5)6)13-29-16(26)23-19(7,8)9/h11-13H2,1-10H3,(H,21,24)(H,22,25)(H,23,26). The summed E-state index contributed by atoms with van der Waals surface area (Å²) in [5.41, 5.74) is -2.31. The van der Waals surface area contributed by atoms with Crippen LogP contribution in [0.5, 0.6) is 0 Å². The Bertz CT molecular complexity index is 491. The first-order valence-electron chi connectivity index (χ1n) is 9.65. The Morgan fingerprint density at radius 2 is 0.724 bits per heavy atom. The van der Waals surface area contributed by atoms with Crippen molar-refractivity contribution in [3.8, 4) is 0 Å². The number of carbonyl (C=O) groups is 3. The molecule has 0 aromatic rings. The fraction of sp³-hybridized carbons (Fsp3) is 0.850. The summed E-state index contributed by atoms with van der Waals surface area (Å²) in [5, 5.41) is 8.05. The van der Waals surface area contributed by atoms with Gasteiger partial charge in [-0.15, -0.1) is 0 Å². The molecule has 0 aliphatic rings. The molecular weight excluding hydrogens is 378 g/mol. The number of hydrogen-bond acceptors (Lipinski definition) is 6. The number of nitrogens with one attached hydrogen (secondary N) is 3. The first-order valence-corrected chi connectivity index (χ1v) is 9.65. The molecule has 0 bridgehead atoms. The van der Waals surface area contributed by atoms with E-state index in [1.54, 1.807) is 6.92 Å². The van der Waals surface area contributed by atoms with Crippen LogP contribution in [0.1, 0.15) is 69.2 Å².